The van der Waals surface area contributed by atoms with Crippen molar-refractivity contribution < 1.29 is 4.39 Å². The zero-order valence-corrected chi connectivity index (χ0v) is 13.9. The van der Waals surface area contributed by atoms with Crippen LogP contribution < -0.4 is 0 Å². The van der Waals surface area contributed by atoms with Crippen LogP contribution in [0.2, 0.25) is 0 Å². The van der Waals surface area contributed by atoms with Crippen molar-refractivity contribution in [3.63, 3.8) is 0 Å². The van der Waals surface area contributed by atoms with Crippen LogP contribution in [0.15, 0.2) is 36.5 Å². The van der Waals surface area contributed by atoms with E-state index in [9.17, 15) is 4.39 Å². The Morgan fingerprint density at radius 3 is 2.32 bits per heavy atom. The van der Waals surface area contributed by atoms with Gasteiger partial charge in [-0.25, -0.2) is 4.39 Å². The number of hydrogen-bond acceptors (Lipinski definition) is 1. The van der Waals surface area contributed by atoms with Crippen molar-refractivity contribution in [2.45, 2.75) is 34.1 Å². The number of benzene rings is 2. The fourth-order valence-electron chi connectivity index (χ4n) is 2.37. The molecule has 1 heterocycles. The summed E-state index contributed by atoms with van der Waals surface area (Å²) in [4.78, 5) is 0. The fraction of sp³-hybridized carbons (Fsp3) is 0.316. The van der Waals surface area contributed by atoms with Crippen LogP contribution in [-0.2, 0) is 7.05 Å². The number of fused-ring (bicyclic) bond motifs is 1. The van der Waals surface area contributed by atoms with E-state index in [-0.39, 0.29) is 5.82 Å². The van der Waals surface area contributed by atoms with E-state index in [2.05, 4.69) is 31.1 Å². The molecule has 0 N–H and O–H groups in total. The minimum absolute atomic E-state index is 0.165. The minimum Gasteiger partial charge on any atom is -0.275 e. The summed E-state index contributed by atoms with van der Waals surface area (Å²) in [5, 5.41) is 5.50. The smallest absolute Gasteiger partial charge is 0.126 e. The molecule has 2 nitrogen and oxygen atoms in total. The average molecular weight is 298 g/mol. The third-order valence-corrected chi connectivity index (χ3v) is 3.42. The number of aromatic nitrogens is 2. The molecule has 0 atom stereocenters. The Hall–Kier alpha value is -2.16. The molecule has 0 aliphatic rings. The van der Waals surface area contributed by atoms with Gasteiger partial charge in [-0.05, 0) is 54.3 Å². The van der Waals surface area contributed by atoms with E-state index in [1.54, 1.807) is 17.7 Å². The number of halogens is 1. The predicted molar refractivity (Wildman–Crippen MR) is 91.5 cm³/mol. The lowest BCUT2D eigenvalue weighted by Crippen LogP contribution is -1.87. The van der Waals surface area contributed by atoms with Gasteiger partial charge in [0.25, 0.3) is 0 Å². The van der Waals surface area contributed by atoms with Gasteiger partial charge in [0.05, 0.1) is 5.52 Å². The fourth-order valence-corrected chi connectivity index (χ4v) is 2.37. The first-order valence-electron chi connectivity index (χ1n) is 7.66. The van der Waals surface area contributed by atoms with Gasteiger partial charge < -0.3 is 0 Å². The van der Waals surface area contributed by atoms with Crippen LogP contribution in [0.5, 0.6) is 0 Å². The lowest BCUT2D eigenvalue weighted by molar-refractivity contribution is 0.619. The van der Waals surface area contributed by atoms with E-state index >= 15 is 0 Å². The van der Waals surface area contributed by atoms with E-state index < -0.39 is 0 Å². The number of hydrogen-bond donors (Lipinski definition) is 0. The average Bonchev–Trinajstić information content (AvgIpc) is 2.84. The predicted octanol–water partition coefficient (Wildman–Crippen LogP) is 5.41. The molecule has 0 spiro atoms. The maximum atomic E-state index is 13.7. The molecule has 0 fully saturated rings. The first-order valence-corrected chi connectivity index (χ1v) is 7.66. The molecule has 3 aromatic rings. The number of rotatable bonds is 1. The number of nitrogens with zero attached hydrogens (tertiary/aromatic N) is 2. The summed E-state index contributed by atoms with van der Waals surface area (Å²) < 4.78 is 15.5. The zero-order chi connectivity index (χ0) is 16.3. The Kier molecular flexibility index (Phi) is 4.96. The van der Waals surface area contributed by atoms with Crippen molar-refractivity contribution in [2.24, 2.45) is 7.05 Å². The summed E-state index contributed by atoms with van der Waals surface area (Å²) in [6.45, 7) is 8.05. The van der Waals surface area contributed by atoms with Gasteiger partial charge in [-0.2, -0.15) is 5.10 Å². The maximum Gasteiger partial charge on any atom is 0.126 e. The summed E-state index contributed by atoms with van der Waals surface area (Å²) in [5.41, 5.74) is 4.70. The lowest BCUT2D eigenvalue weighted by atomic mass is 10.00. The van der Waals surface area contributed by atoms with Crippen molar-refractivity contribution in [1.82, 2.24) is 9.78 Å². The Morgan fingerprint density at radius 2 is 1.68 bits per heavy atom. The van der Waals surface area contributed by atoms with Crippen molar-refractivity contribution in [2.75, 3.05) is 0 Å². The van der Waals surface area contributed by atoms with Crippen LogP contribution in [0.25, 0.3) is 22.0 Å². The van der Waals surface area contributed by atoms with Crippen LogP contribution in [-0.4, -0.2) is 9.78 Å². The highest BCUT2D eigenvalue weighted by molar-refractivity contribution is 5.87. The van der Waals surface area contributed by atoms with Crippen LogP contribution in [0.4, 0.5) is 4.39 Å². The first-order chi connectivity index (χ1) is 10.5. The molecule has 0 bridgehead atoms. The second-order valence-electron chi connectivity index (χ2n) is 5.70. The molecule has 22 heavy (non-hydrogen) atoms. The van der Waals surface area contributed by atoms with E-state index in [0.29, 0.717) is 5.56 Å². The van der Waals surface area contributed by atoms with Gasteiger partial charge in [0.1, 0.15) is 5.82 Å². The highest BCUT2D eigenvalue weighted by Crippen LogP contribution is 2.27. The quantitative estimate of drug-likeness (QED) is 0.587. The topological polar surface area (TPSA) is 17.8 Å². The van der Waals surface area contributed by atoms with Gasteiger partial charge in [-0.1, -0.05) is 32.4 Å². The van der Waals surface area contributed by atoms with Gasteiger partial charge in [0.15, 0.2) is 0 Å². The second-order valence-corrected chi connectivity index (χ2v) is 5.70. The monoisotopic (exact) mass is 298 g/mol. The Bertz CT molecular complexity index is 787. The standard InChI is InChI=1S/C16H15FN2.C3H8/c1-10-4-5-12(8-15(10)17)13-6-11(2)16-14(7-13)9-19(3)18-16;1-3-2/h4-9H,1-3H3;3H2,1-2H3. The van der Waals surface area contributed by atoms with E-state index in [1.165, 1.54) is 6.42 Å². The first kappa shape index (κ1) is 16.2. The second kappa shape index (κ2) is 6.73. The van der Waals surface area contributed by atoms with Crippen LogP contribution in [0.1, 0.15) is 31.4 Å². The third kappa shape index (κ3) is 3.35. The molecule has 0 saturated carbocycles. The molecule has 2 aromatic carbocycles. The number of aryl methyl sites for hydroxylation is 3. The molecule has 1 aromatic heterocycles. The minimum atomic E-state index is -0.165. The van der Waals surface area contributed by atoms with Gasteiger partial charge in [0.2, 0.25) is 0 Å². The summed E-state index contributed by atoms with van der Waals surface area (Å²) in [6.07, 6.45) is 3.23. The maximum absolute atomic E-state index is 13.7. The summed E-state index contributed by atoms with van der Waals surface area (Å²) in [5.74, 6) is -0.165. The normalized spacial score (nSPS) is 10.5. The lowest BCUT2D eigenvalue weighted by Gasteiger charge is -2.05. The van der Waals surface area contributed by atoms with E-state index in [4.69, 9.17) is 0 Å². The van der Waals surface area contributed by atoms with E-state index in [0.717, 1.165) is 27.6 Å². The molecule has 0 radical (unpaired) electrons. The van der Waals surface area contributed by atoms with Gasteiger partial charge in [-0.15, -0.1) is 0 Å². The van der Waals surface area contributed by atoms with Crippen molar-refractivity contribution in [3.8, 4) is 11.1 Å². The largest absolute Gasteiger partial charge is 0.275 e. The third-order valence-electron chi connectivity index (χ3n) is 3.42. The van der Waals surface area contributed by atoms with Crippen LogP contribution in [0, 0.1) is 19.7 Å². The van der Waals surface area contributed by atoms with Crippen molar-refractivity contribution in [3.05, 3.63) is 53.5 Å². The summed E-state index contributed by atoms with van der Waals surface area (Å²) in [7, 11) is 1.91. The molecule has 0 amide bonds. The Labute approximate surface area is 131 Å². The van der Waals surface area contributed by atoms with Crippen molar-refractivity contribution in [1.29, 1.82) is 0 Å². The molecule has 3 heteroatoms. The Morgan fingerprint density at radius 1 is 1.00 bits per heavy atom. The van der Waals surface area contributed by atoms with Crippen LogP contribution >= 0.6 is 0 Å². The highest BCUT2D eigenvalue weighted by Gasteiger charge is 2.07. The molecule has 0 unspecified atom stereocenters. The van der Waals surface area contributed by atoms with Gasteiger partial charge >= 0.3 is 0 Å². The van der Waals surface area contributed by atoms with Crippen molar-refractivity contribution >= 4 is 10.9 Å². The molecule has 3 rings (SSSR count). The molecular formula is C19H23FN2. The molecule has 0 aliphatic heterocycles. The molecule has 116 valence electrons. The summed E-state index contributed by atoms with van der Waals surface area (Å²) >= 11 is 0. The van der Waals surface area contributed by atoms with Gasteiger partial charge in [-0.3, -0.25) is 4.68 Å². The summed E-state index contributed by atoms with van der Waals surface area (Å²) in [6, 6.07) is 9.47. The zero-order valence-electron chi connectivity index (χ0n) is 13.9. The van der Waals surface area contributed by atoms with Crippen LogP contribution in [0.3, 0.4) is 0 Å². The van der Waals surface area contributed by atoms with E-state index in [1.807, 2.05) is 32.3 Å². The molecule has 0 saturated heterocycles. The molecular weight excluding hydrogens is 275 g/mol. The Balaban J connectivity index is 0.000000545. The molecule has 0 aliphatic carbocycles. The van der Waals surface area contributed by atoms with Gasteiger partial charge in [0, 0.05) is 18.6 Å². The SMILES string of the molecule is CCC.Cc1ccc(-c2cc(C)c3nn(C)cc3c2)cc1F. The highest BCUT2D eigenvalue weighted by atomic mass is 19.1.